The van der Waals surface area contributed by atoms with Crippen LogP contribution in [0.4, 0.5) is 0 Å². The molecule has 0 fully saturated rings. The Morgan fingerprint density at radius 3 is 1.78 bits per heavy atom. The summed E-state index contributed by atoms with van der Waals surface area (Å²) in [5.74, 6) is 0. The third-order valence-electron chi connectivity index (χ3n) is 7.41. The van der Waals surface area contributed by atoms with Gasteiger partial charge in [-0.25, -0.2) is 0 Å². The number of rotatable bonds is 15. The monoisotopic (exact) mass is 568 g/mol. The van der Waals surface area contributed by atoms with Gasteiger partial charge >= 0.3 is 206 Å². The van der Waals surface area contributed by atoms with Gasteiger partial charge in [-0.3, -0.25) is 0 Å². The van der Waals surface area contributed by atoms with Gasteiger partial charge in [-0.2, -0.15) is 0 Å². The van der Waals surface area contributed by atoms with Crippen LogP contribution in [-0.2, 0) is 4.43 Å². The van der Waals surface area contributed by atoms with E-state index in [1.54, 1.807) is 0 Å². The van der Waals surface area contributed by atoms with Crippen molar-refractivity contribution >= 4 is 26.7 Å². The maximum absolute atomic E-state index is 11.4. The summed E-state index contributed by atoms with van der Waals surface area (Å²) >= 11 is -2.45. The molecule has 0 saturated heterocycles. The van der Waals surface area contributed by atoms with Gasteiger partial charge in [0.25, 0.3) is 0 Å². The van der Waals surface area contributed by atoms with E-state index in [1.165, 1.54) is 51.8 Å². The third-order valence-corrected chi connectivity index (χ3v) is 26.0. The van der Waals surface area contributed by atoms with Crippen molar-refractivity contribution in [1.29, 1.82) is 0 Å². The van der Waals surface area contributed by atoms with Crippen molar-refractivity contribution in [1.82, 2.24) is 0 Å². The number of benzene rings is 1. The van der Waals surface area contributed by atoms with Crippen LogP contribution >= 0.6 is 0 Å². The van der Waals surface area contributed by atoms with E-state index in [2.05, 4.69) is 64.8 Å². The van der Waals surface area contributed by atoms with Crippen LogP contribution in [0.2, 0.25) is 31.4 Å². The molecule has 32 heavy (non-hydrogen) atoms. The standard InChI is InChI=1S/C16H25O2Si.3C4H9.Sn/c1-7-14(18-19(5,6)16(2,3)4)15(17)13-11-9-8-10-12-13;3*1-3-4-2;/h1,7-12,14-15,17H,2-6H3;3*1,3-4H2,2H3;/t14-,15+;;;;/m0..../s1. The van der Waals surface area contributed by atoms with Gasteiger partial charge in [-0.15, -0.1) is 0 Å². The molecule has 0 aromatic heterocycles. The van der Waals surface area contributed by atoms with Gasteiger partial charge in [-0.1, -0.05) is 0 Å². The maximum atomic E-state index is 11.4. The molecule has 1 rings (SSSR count). The minimum absolute atomic E-state index is 0.114. The second kappa shape index (κ2) is 14.3. The Balaban J connectivity index is 3.34. The average molecular weight is 568 g/mol. The van der Waals surface area contributed by atoms with E-state index in [9.17, 15) is 5.11 Å². The Morgan fingerprint density at radius 2 is 1.38 bits per heavy atom. The van der Waals surface area contributed by atoms with Crippen LogP contribution in [0.5, 0.6) is 0 Å². The fraction of sp³-hybridized carbons (Fsp3) is 0.714. The fourth-order valence-corrected chi connectivity index (χ4v) is 19.6. The minimum atomic E-state index is -2.45. The van der Waals surface area contributed by atoms with Crippen LogP contribution < -0.4 is 0 Å². The molecule has 4 heteroatoms. The molecule has 1 N–H and O–H groups in total. The first kappa shape index (κ1) is 29.9. The summed E-state index contributed by atoms with van der Waals surface area (Å²) in [7, 11) is -2.02. The predicted molar refractivity (Wildman–Crippen MR) is 148 cm³/mol. The van der Waals surface area contributed by atoms with Gasteiger partial charge in [0.05, 0.1) is 0 Å². The fourth-order valence-electron chi connectivity index (χ4n) is 4.08. The Bertz CT molecular complexity index is 629. The van der Waals surface area contributed by atoms with Crippen LogP contribution in [-0.4, -0.2) is 37.9 Å². The summed E-state index contributed by atoms with van der Waals surface area (Å²) in [6.45, 7) is 18.4. The summed E-state index contributed by atoms with van der Waals surface area (Å²) in [4.78, 5) is 0. The predicted octanol–water partition coefficient (Wildman–Crippen LogP) is 9.05. The molecule has 184 valence electrons. The molecule has 0 heterocycles. The van der Waals surface area contributed by atoms with E-state index in [-0.39, 0.29) is 11.1 Å². The number of unbranched alkanes of at least 4 members (excludes halogenated alkanes) is 3. The summed E-state index contributed by atoms with van der Waals surface area (Å²) in [6.07, 6.45) is 9.33. The molecule has 2 nitrogen and oxygen atoms in total. The average Bonchev–Trinajstić information content (AvgIpc) is 2.76. The number of aliphatic hydroxyl groups excluding tert-OH is 1. The first-order valence-corrected chi connectivity index (χ1v) is 23.7. The normalized spacial score (nSPS) is 15.3. The van der Waals surface area contributed by atoms with Crippen molar-refractivity contribution < 1.29 is 9.53 Å². The van der Waals surface area contributed by atoms with E-state index < -0.39 is 32.8 Å². The van der Waals surface area contributed by atoms with E-state index in [4.69, 9.17) is 4.43 Å². The molecule has 0 amide bonds. The van der Waals surface area contributed by atoms with Crippen molar-refractivity contribution in [3.8, 4) is 0 Å². The van der Waals surface area contributed by atoms with E-state index in [1.807, 2.05) is 30.3 Å². The molecule has 0 radical (unpaired) electrons. The first-order chi connectivity index (χ1) is 15.0. The molecular weight excluding hydrogens is 515 g/mol. The van der Waals surface area contributed by atoms with Crippen LogP contribution in [0.1, 0.15) is 91.7 Å². The molecule has 0 aliphatic rings. The molecule has 0 bridgehead atoms. The van der Waals surface area contributed by atoms with Crippen LogP contribution in [0.25, 0.3) is 0 Å². The molecule has 0 aliphatic heterocycles. The van der Waals surface area contributed by atoms with Gasteiger partial charge in [0.2, 0.25) is 0 Å². The molecule has 0 saturated carbocycles. The van der Waals surface area contributed by atoms with Crippen LogP contribution in [0.3, 0.4) is 0 Å². The Kier molecular flexibility index (Phi) is 13.4. The van der Waals surface area contributed by atoms with Crippen LogP contribution in [0.15, 0.2) is 40.5 Å². The number of aliphatic hydroxyl groups is 1. The van der Waals surface area contributed by atoms with Gasteiger partial charge in [0, 0.05) is 0 Å². The summed E-state index contributed by atoms with van der Waals surface area (Å²) in [5.41, 5.74) is 0.956. The quantitative estimate of drug-likeness (QED) is 0.214. The molecule has 0 spiro atoms. The number of hydrogen-bond donors (Lipinski definition) is 1. The molecule has 0 aliphatic carbocycles. The zero-order valence-corrected chi connectivity index (χ0v) is 26.3. The Labute approximate surface area is 205 Å². The SMILES string of the molecule is CCC[CH2][Sn](/[CH]=C/[C@H](O[Si](C)(C)C(C)(C)C)[C@H](O)c1ccccc1)([CH2]CCC)[CH2]CCC. The van der Waals surface area contributed by atoms with Gasteiger partial charge in [0.15, 0.2) is 0 Å². The van der Waals surface area contributed by atoms with Crippen molar-refractivity contribution in [2.45, 2.75) is 124 Å². The van der Waals surface area contributed by atoms with Crippen molar-refractivity contribution in [3.63, 3.8) is 0 Å². The van der Waals surface area contributed by atoms with Gasteiger partial charge in [0.1, 0.15) is 0 Å². The van der Waals surface area contributed by atoms with Gasteiger partial charge < -0.3 is 0 Å². The molecule has 1 aromatic carbocycles. The van der Waals surface area contributed by atoms with E-state index in [0.29, 0.717) is 0 Å². The second-order valence-corrected chi connectivity index (χ2v) is 29.0. The topological polar surface area (TPSA) is 29.5 Å². The molecular formula is C28H52O2SiSn. The van der Waals surface area contributed by atoms with Crippen molar-refractivity contribution in [2.24, 2.45) is 0 Å². The van der Waals surface area contributed by atoms with Crippen LogP contribution in [0, 0.1) is 0 Å². The third kappa shape index (κ3) is 9.64. The zero-order chi connectivity index (χ0) is 24.3. The molecule has 0 unspecified atom stereocenters. The summed E-state index contributed by atoms with van der Waals surface area (Å²) < 4.78 is 13.9. The number of hydrogen-bond acceptors (Lipinski definition) is 2. The Morgan fingerprint density at radius 1 is 0.906 bits per heavy atom. The summed E-state index contributed by atoms with van der Waals surface area (Å²) in [5, 5.41) is 11.5. The second-order valence-electron chi connectivity index (χ2n) is 11.2. The van der Waals surface area contributed by atoms with E-state index >= 15 is 0 Å². The molecule has 1 aromatic rings. The first-order valence-electron chi connectivity index (χ1n) is 13.1. The molecule has 2 atom stereocenters. The van der Waals surface area contributed by atoms with Crippen molar-refractivity contribution in [2.75, 3.05) is 0 Å². The summed E-state index contributed by atoms with van der Waals surface area (Å²) in [6, 6.07) is 10.1. The zero-order valence-electron chi connectivity index (χ0n) is 22.4. The van der Waals surface area contributed by atoms with Gasteiger partial charge in [-0.05, 0) is 0 Å². The Hall–Kier alpha value is -0.104. The van der Waals surface area contributed by atoms with E-state index in [0.717, 1.165) is 5.56 Å². The van der Waals surface area contributed by atoms with Crippen molar-refractivity contribution in [3.05, 3.63) is 46.1 Å².